The molecule has 72 valence electrons. The number of rotatable bonds is 4. The van der Waals surface area contributed by atoms with Crippen LogP contribution >= 0.6 is 0 Å². The Hall–Kier alpha value is -0.120. The molecule has 1 aliphatic heterocycles. The molecule has 0 amide bonds. The molecule has 1 heterocycles. The fourth-order valence-corrected chi connectivity index (χ4v) is 1.92. The third-order valence-corrected chi connectivity index (χ3v) is 2.53. The van der Waals surface area contributed by atoms with Crippen LogP contribution in [-0.4, -0.2) is 38.1 Å². The van der Waals surface area contributed by atoms with Crippen LogP contribution in [0, 0.1) is 0 Å². The molecule has 3 heteroatoms. The number of hydrogen-bond donors (Lipinski definition) is 0. The lowest BCUT2D eigenvalue weighted by Crippen LogP contribution is -2.47. The van der Waals surface area contributed by atoms with Gasteiger partial charge in [-0.15, -0.1) is 0 Å². The zero-order chi connectivity index (χ0) is 9.03. The highest BCUT2D eigenvalue weighted by Gasteiger charge is 2.40. The fourth-order valence-electron chi connectivity index (χ4n) is 1.92. The summed E-state index contributed by atoms with van der Waals surface area (Å²) in [6, 6.07) is 0. The highest BCUT2D eigenvalue weighted by Crippen LogP contribution is 2.30. The normalized spacial score (nSPS) is 23.2. The van der Waals surface area contributed by atoms with Gasteiger partial charge in [0.05, 0.1) is 0 Å². The molecule has 12 heavy (non-hydrogen) atoms. The zero-order valence-corrected chi connectivity index (χ0v) is 8.30. The minimum atomic E-state index is -0.421. The second kappa shape index (κ2) is 4.21. The van der Waals surface area contributed by atoms with E-state index in [1.807, 2.05) is 0 Å². The summed E-state index contributed by atoms with van der Waals surface area (Å²) in [5.74, 6) is -0.421. The Bertz CT molecular complexity index is 134. The molecule has 0 saturated carbocycles. The Morgan fingerprint density at radius 3 is 2.50 bits per heavy atom. The van der Waals surface area contributed by atoms with E-state index in [-0.39, 0.29) is 0 Å². The van der Waals surface area contributed by atoms with Gasteiger partial charge in [0, 0.05) is 33.7 Å². The van der Waals surface area contributed by atoms with Gasteiger partial charge >= 0.3 is 0 Å². The lowest BCUT2D eigenvalue weighted by atomic mass is 10.3. The minimum absolute atomic E-state index is 0.421. The first-order chi connectivity index (χ1) is 5.79. The summed E-state index contributed by atoms with van der Waals surface area (Å²) in [5.41, 5.74) is 0. The van der Waals surface area contributed by atoms with Gasteiger partial charge in [-0.05, 0) is 12.8 Å². The molecular formula is C9H19NO2. The molecule has 0 radical (unpaired) electrons. The Labute approximate surface area is 74.6 Å². The summed E-state index contributed by atoms with van der Waals surface area (Å²) >= 11 is 0. The maximum Gasteiger partial charge on any atom is 0.229 e. The molecule has 0 N–H and O–H groups in total. The van der Waals surface area contributed by atoms with Crippen LogP contribution in [0.4, 0.5) is 0 Å². The maximum atomic E-state index is 5.42. The largest absolute Gasteiger partial charge is 0.341 e. The van der Waals surface area contributed by atoms with E-state index in [4.69, 9.17) is 9.47 Å². The number of hydrogen-bond acceptors (Lipinski definition) is 3. The monoisotopic (exact) mass is 173 g/mol. The van der Waals surface area contributed by atoms with Crippen molar-refractivity contribution >= 4 is 0 Å². The van der Waals surface area contributed by atoms with Crippen molar-refractivity contribution in [2.45, 2.75) is 32.1 Å². The van der Waals surface area contributed by atoms with Crippen LogP contribution in [0.25, 0.3) is 0 Å². The molecule has 1 aliphatic rings. The fraction of sp³-hybridized carbons (Fsp3) is 1.00. The Morgan fingerprint density at radius 1 is 1.33 bits per heavy atom. The molecule has 0 unspecified atom stereocenters. The van der Waals surface area contributed by atoms with Crippen molar-refractivity contribution in [3.63, 3.8) is 0 Å². The second-order valence-electron chi connectivity index (χ2n) is 3.21. The van der Waals surface area contributed by atoms with Crippen molar-refractivity contribution in [3.8, 4) is 0 Å². The molecule has 0 atom stereocenters. The van der Waals surface area contributed by atoms with Gasteiger partial charge in [0.2, 0.25) is 5.91 Å². The predicted molar refractivity (Wildman–Crippen MR) is 47.8 cm³/mol. The van der Waals surface area contributed by atoms with Gasteiger partial charge in [-0.2, -0.15) is 0 Å². The van der Waals surface area contributed by atoms with E-state index < -0.39 is 5.91 Å². The average molecular weight is 173 g/mol. The zero-order valence-electron chi connectivity index (χ0n) is 8.30. The van der Waals surface area contributed by atoms with Crippen LogP contribution in [0.3, 0.4) is 0 Å². The molecule has 1 saturated heterocycles. The molecule has 0 bridgehead atoms. The molecule has 0 aromatic carbocycles. The summed E-state index contributed by atoms with van der Waals surface area (Å²) < 4.78 is 10.8. The van der Waals surface area contributed by atoms with Crippen LogP contribution in [0.2, 0.25) is 0 Å². The quantitative estimate of drug-likeness (QED) is 0.600. The number of ether oxygens (including phenoxy) is 2. The van der Waals surface area contributed by atoms with Crippen molar-refractivity contribution in [3.05, 3.63) is 0 Å². The van der Waals surface area contributed by atoms with Crippen molar-refractivity contribution in [1.29, 1.82) is 0 Å². The van der Waals surface area contributed by atoms with E-state index >= 15 is 0 Å². The van der Waals surface area contributed by atoms with E-state index in [0.29, 0.717) is 0 Å². The van der Waals surface area contributed by atoms with Crippen LogP contribution in [0.15, 0.2) is 0 Å². The number of methoxy groups -OCH3 is 2. The molecule has 3 nitrogen and oxygen atoms in total. The van der Waals surface area contributed by atoms with Crippen LogP contribution in [-0.2, 0) is 9.47 Å². The second-order valence-corrected chi connectivity index (χ2v) is 3.21. The number of nitrogens with zero attached hydrogens (tertiary/aromatic N) is 1. The molecule has 0 aromatic heterocycles. The van der Waals surface area contributed by atoms with E-state index in [1.54, 1.807) is 14.2 Å². The predicted octanol–water partition coefficient (Wildman–Crippen LogP) is 1.44. The average Bonchev–Trinajstić information content (AvgIpc) is 2.50. The lowest BCUT2D eigenvalue weighted by Gasteiger charge is -2.35. The van der Waals surface area contributed by atoms with E-state index in [1.165, 1.54) is 6.42 Å². The van der Waals surface area contributed by atoms with E-state index in [2.05, 4.69) is 11.8 Å². The van der Waals surface area contributed by atoms with E-state index in [9.17, 15) is 0 Å². The van der Waals surface area contributed by atoms with Crippen molar-refractivity contribution in [2.24, 2.45) is 0 Å². The van der Waals surface area contributed by atoms with Gasteiger partial charge in [0.15, 0.2) is 0 Å². The third kappa shape index (κ3) is 1.63. The van der Waals surface area contributed by atoms with Gasteiger partial charge in [-0.1, -0.05) is 6.92 Å². The highest BCUT2D eigenvalue weighted by atomic mass is 16.7. The Balaban J connectivity index is 2.58. The Morgan fingerprint density at radius 2 is 2.00 bits per heavy atom. The summed E-state index contributed by atoms with van der Waals surface area (Å²) in [6.07, 6.45) is 3.30. The molecule has 0 aromatic rings. The van der Waals surface area contributed by atoms with Crippen molar-refractivity contribution in [2.75, 3.05) is 27.3 Å². The topological polar surface area (TPSA) is 21.7 Å². The first kappa shape index (κ1) is 9.96. The van der Waals surface area contributed by atoms with Gasteiger partial charge < -0.3 is 9.47 Å². The highest BCUT2D eigenvalue weighted by molar-refractivity contribution is 4.79. The van der Waals surface area contributed by atoms with E-state index in [0.717, 1.165) is 25.9 Å². The van der Waals surface area contributed by atoms with Gasteiger partial charge in [0.25, 0.3) is 0 Å². The SMILES string of the molecule is CCCN1CCCC1(OC)OC. The standard InChI is InChI=1S/C9H19NO2/c1-4-7-10-8-5-6-9(10,11-2)12-3/h4-8H2,1-3H3. The van der Waals surface area contributed by atoms with Crippen LogP contribution in [0.1, 0.15) is 26.2 Å². The van der Waals surface area contributed by atoms with Gasteiger partial charge in [-0.25, -0.2) is 0 Å². The van der Waals surface area contributed by atoms with Crippen LogP contribution < -0.4 is 0 Å². The molecule has 1 fully saturated rings. The first-order valence-corrected chi connectivity index (χ1v) is 4.64. The Kier molecular flexibility index (Phi) is 3.50. The summed E-state index contributed by atoms with van der Waals surface area (Å²) in [5, 5.41) is 0. The van der Waals surface area contributed by atoms with Crippen LogP contribution in [0.5, 0.6) is 0 Å². The van der Waals surface area contributed by atoms with Crippen molar-refractivity contribution < 1.29 is 9.47 Å². The molecule has 1 rings (SSSR count). The minimum Gasteiger partial charge on any atom is -0.341 e. The summed E-state index contributed by atoms with van der Waals surface area (Å²) in [7, 11) is 3.44. The summed E-state index contributed by atoms with van der Waals surface area (Å²) in [4.78, 5) is 2.27. The third-order valence-electron chi connectivity index (χ3n) is 2.53. The smallest absolute Gasteiger partial charge is 0.229 e. The number of likely N-dealkylation sites (tertiary alicyclic amines) is 1. The molecular weight excluding hydrogens is 154 g/mol. The lowest BCUT2D eigenvalue weighted by molar-refractivity contribution is -0.278. The van der Waals surface area contributed by atoms with Gasteiger partial charge in [0.1, 0.15) is 0 Å². The van der Waals surface area contributed by atoms with Gasteiger partial charge in [-0.3, -0.25) is 4.90 Å². The summed E-state index contributed by atoms with van der Waals surface area (Å²) in [6.45, 7) is 4.32. The first-order valence-electron chi connectivity index (χ1n) is 4.64. The van der Waals surface area contributed by atoms with Crippen molar-refractivity contribution in [1.82, 2.24) is 4.90 Å². The maximum absolute atomic E-state index is 5.42. The molecule has 0 spiro atoms. The molecule has 0 aliphatic carbocycles.